The summed E-state index contributed by atoms with van der Waals surface area (Å²) in [5.41, 5.74) is 1.06. The molecule has 0 spiro atoms. The van der Waals surface area contributed by atoms with Crippen molar-refractivity contribution in [2.75, 3.05) is 0 Å². The SMILES string of the molecule is CC1=NC2N=CN=C(C)C2N1. The number of amidine groups is 1. The van der Waals surface area contributed by atoms with Crippen molar-refractivity contribution in [1.29, 1.82) is 0 Å². The number of hydrogen-bond acceptors (Lipinski definition) is 4. The van der Waals surface area contributed by atoms with Crippen LogP contribution in [0.4, 0.5) is 0 Å². The van der Waals surface area contributed by atoms with Gasteiger partial charge in [-0.1, -0.05) is 0 Å². The first-order valence-electron chi connectivity index (χ1n) is 3.64. The first-order chi connectivity index (χ1) is 5.27. The number of nitrogens with one attached hydrogen (secondary N) is 1. The number of fused-ring (bicyclic) bond motifs is 1. The Hall–Kier alpha value is -1.19. The van der Waals surface area contributed by atoms with Crippen LogP contribution in [0.5, 0.6) is 0 Å². The van der Waals surface area contributed by atoms with E-state index >= 15 is 0 Å². The van der Waals surface area contributed by atoms with Gasteiger partial charge in [0.25, 0.3) is 0 Å². The van der Waals surface area contributed by atoms with Crippen LogP contribution in [0.2, 0.25) is 0 Å². The summed E-state index contributed by atoms with van der Waals surface area (Å²) in [6.07, 6.45) is 1.62. The molecule has 0 bridgehead atoms. The summed E-state index contributed by atoms with van der Waals surface area (Å²) in [7, 11) is 0. The zero-order valence-corrected chi connectivity index (χ0v) is 6.57. The lowest BCUT2D eigenvalue weighted by Crippen LogP contribution is -2.40. The second-order valence-corrected chi connectivity index (χ2v) is 2.79. The zero-order valence-electron chi connectivity index (χ0n) is 6.57. The third-order valence-corrected chi connectivity index (χ3v) is 1.92. The Bertz CT molecular complexity index is 264. The van der Waals surface area contributed by atoms with Gasteiger partial charge in [-0.3, -0.25) is 0 Å². The van der Waals surface area contributed by atoms with Gasteiger partial charge in [-0.2, -0.15) is 0 Å². The van der Waals surface area contributed by atoms with Gasteiger partial charge in [0.15, 0.2) is 6.17 Å². The van der Waals surface area contributed by atoms with Gasteiger partial charge in [0.1, 0.15) is 12.4 Å². The molecule has 4 nitrogen and oxygen atoms in total. The average molecular weight is 150 g/mol. The molecule has 58 valence electrons. The van der Waals surface area contributed by atoms with Gasteiger partial charge < -0.3 is 5.32 Å². The Morgan fingerprint density at radius 1 is 1.45 bits per heavy atom. The fourth-order valence-corrected chi connectivity index (χ4v) is 1.32. The molecule has 2 aliphatic heterocycles. The molecule has 2 heterocycles. The highest BCUT2D eigenvalue weighted by molar-refractivity contribution is 5.99. The van der Waals surface area contributed by atoms with Crippen LogP contribution in [-0.4, -0.2) is 30.1 Å². The molecule has 0 radical (unpaired) electrons. The molecule has 0 saturated carbocycles. The largest absolute Gasteiger partial charge is 0.362 e. The van der Waals surface area contributed by atoms with Crippen LogP contribution in [0.1, 0.15) is 13.8 Å². The number of aliphatic imine (C=N–C) groups is 3. The van der Waals surface area contributed by atoms with E-state index in [0.717, 1.165) is 11.5 Å². The Kier molecular flexibility index (Phi) is 1.27. The van der Waals surface area contributed by atoms with Gasteiger partial charge in [0.2, 0.25) is 0 Å². The van der Waals surface area contributed by atoms with Gasteiger partial charge >= 0.3 is 0 Å². The monoisotopic (exact) mass is 150 g/mol. The molecule has 0 amide bonds. The third-order valence-electron chi connectivity index (χ3n) is 1.92. The van der Waals surface area contributed by atoms with Gasteiger partial charge in [-0.05, 0) is 13.8 Å². The Morgan fingerprint density at radius 2 is 2.27 bits per heavy atom. The molecule has 0 saturated heterocycles. The summed E-state index contributed by atoms with van der Waals surface area (Å²) >= 11 is 0. The zero-order chi connectivity index (χ0) is 7.84. The summed E-state index contributed by atoms with van der Waals surface area (Å²) in [6.45, 7) is 3.94. The van der Waals surface area contributed by atoms with E-state index in [-0.39, 0.29) is 12.2 Å². The van der Waals surface area contributed by atoms with E-state index in [1.807, 2.05) is 13.8 Å². The number of nitrogens with zero attached hydrogens (tertiary/aromatic N) is 3. The smallest absolute Gasteiger partial charge is 0.168 e. The molecule has 11 heavy (non-hydrogen) atoms. The molecule has 2 aliphatic rings. The van der Waals surface area contributed by atoms with E-state index in [1.54, 1.807) is 6.34 Å². The lowest BCUT2D eigenvalue weighted by Gasteiger charge is -2.17. The molecule has 2 unspecified atom stereocenters. The van der Waals surface area contributed by atoms with Crippen molar-refractivity contribution >= 4 is 17.9 Å². The predicted octanol–water partition coefficient (Wildman–Crippen LogP) is 0.206. The second kappa shape index (κ2) is 2.15. The maximum Gasteiger partial charge on any atom is 0.168 e. The van der Waals surface area contributed by atoms with Crippen LogP contribution in [-0.2, 0) is 0 Å². The second-order valence-electron chi connectivity index (χ2n) is 2.79. The fourth-order valence-electron chi connectivity index (χ4n) is 1.32. The van der Waals surface area contributed by atoms with Crippen molar-refractivity contribution in [2.45, 2.75) is 26.1 Å². The highest BCUT2D eigenvalue weighted by Crippen LogP contribution is 2.12. The van der Waals surface area contributed by atoms with E-state index in [2.05, 4.69) is 20.3 Å². The topological polar surface area (TPSA) is 49.1 Å². The van der Waals surface area contributed by atoms with Gasteiger partial charge in [0, 0.05) is 5.71 Å². The normalized spacial score (nSPS) is 34.0. The average Bonchev–Trinajstić information content (AvgIpc) is 2.31. The minimum atomic E-state index is 0.0347. The van der Waals surface area contributed by atoms with Crippen molar-refractivity contribution in [3.63, 3.8) is 0 Å². The summed E-state index contributed by atoms with van der Waals surface area (Å²) in [6, 6.07) is 0.208. The summed E-state index contributed by atoms with van der Waals surface area (Å²) in [5, 5.41) is 3.21. The molecular formula is C7H10N4. The molecule has 0 aliphatic carbocycles. The van der Waals surface area contributed by atoms with Crippen LogP contribution in [0.25, 0.3) is 0 Å². The molecule has 0 aromatic carbocycles. The van der Waals surface area contributed by atoms with Gasteiger partial charge in [-0.25, -0.2) is 15.0 Å². The molecule has 0 aromatic rings. The highest BCUT2D eigenvalue weighted by Gasteiger charge is 2.29. The quantitative estimate of drug-likeness (QED) is 0.527. The minimum Gasteiger partial charge on any atom is -0.362 e. The Balaban J connectivity index is 2.28. The molecule has 2 atom stereocenters. The van der Waals surface area contributed by atoms with Crippen LogP contribution in [0, 0.1) is 0 Å². The summed E-state index contributed by atoms with van der Waals surface area (Å²) in [4.78, 5) is 12.5. The van der Waals surface area contributed by atoms with Gasteiger partial charge in [0.05, 0.1) is 5.84 Å². The van der Waals surface area contributed by atoms with Crippen molar-refractivity contribution in [2.24, 2.45) is 15.0 Å². The summed E-state index contributed by atoms with van der Waals surface area (Å²) in [5.74, 6) is 0.952. The van der Waals surface area contributed by atoms with Crippen molar-refractivity contribution in [3.05, 3.63) is 0 Å². The van der Waals surface area contributed by atoms with Crippen LogP contribution in [0.3, 0.4) is 0 Å². The van der Waals surface area contributed by atoms with Crippen molar-refractivity contribution in [1.82, 2.24) is 5.32 Å². The molecule has 2 rings (SSSR count). The standard InChI is InChI=1S/C7H10N4/c1-4-6-7(9-3-8-4)11-5(2)10-6/h3,6-7H,1-2H3,(H,10,11). The van der Waals surface area contributed by atoms with Crippen LogP contribution in [0.15, 0.2) is 15.0 Å². The van der Waals surface area contributed by atoms with Crippen molar-refractivity contribution < 1.29 is 0 Å². The highest BCUT2D eigenvalue weighted by atomic mass is 15.2. The first-order valence-corrected chi connectivity index (χ1v) is 3.64. The van der Waals surface area contributed by atoms with E-state index in [4.69, 9.17) is 0 Å². The fraction of sp³-hybridized carbons (Fsp3) is 0.571. The molecule has 4 heteroatoms. The molecule has 1 N–H and O–H groups in total. The van der Waals surface area contributed by atoms with Crippen LogP contribution < -0.4 is 5.32 Å². The Morgan fingerprint density at radius 3 is 3.00 bits per heavy atom. The maximum absolute atomic E-state index is 4.29. The number of hydrogen-bond donors (Lipinski definition) is 1. The van der Waals surface area contributed by atoms with E-state index in [0.29, 0.717) is 0 Å². The Labute approximate surface area is 65.2 Å². The molecule has 0 aromatic heterocycles. The van der Waals surface area contributed by atoms with E-state index < -0.39 is 0 Å². The summed E-state index contributed by atoms with van der Waals surface area (Å²) < 4.78 is 0. The van der Waals surface area contributed by atoms with Crippen molar-refractivity contribution in [3.8, 4) is 0 Å². The molecular weight excluding hydrogens is 140 g/mol. The lowest BCUT2D eigenvalue weighted by molar-refractivity contribution is 0.649. The van der Waals surface area contributed by atoms with Gasteiger partial charge in [-0.15, -0.1) is 0 Å². The lowest BCUT2D eigenvalue weighted by atomic mass is 10.1. The third kappa shape index (κ3) is 0.943. The first kappa shape index (κ1) is 6.52. The number of rotatable bonds is 0. The van der Waals surface area contributed by atoms with E-state index in [9.17, 15) is 0 Å². The van der Waals surface area contributed by atoms with E-state index in [1.165, 1.54) is 0 Å². The maximum atomic E-state index is 4.29. The van der Waals surface area contributed by atoms with Crippen LogP contribution >= 0.6 is 0 Å². The molecule has 0 fully saturated rings. The minimum absolute atomic E-state index is 0.0347. The predicted molar refractivity (Wildman–Crippen MR) is 45.4 cm³/mol.